The van der Waals surface area contributed by atoms with E-state index in [1.807, 2.05) is 0 Å². The summed E-state index contributed by atoms with van der Waals surface area (Å²) in [4.78, 5) is 42.2. The van der Waals surface area contributed by atoms with Crippen LogP contribution in [0.25, 0.3) is 0 Å². The summed E-state index contributed by atoms with van der Waals surface area (Å²) in [6.07, 6.45) is 1.81. The molecule has 1 aliphatic heterocycles. The van der Waals surface area contributed by atoms with Gasteiger partial charge < -0.3 is 5.11 Å². The summed E-state index contributed by atoms with van der Waals surface area (Å²) in [5.41, 5.74) is 1.57. The highest BCUT2D eigenvalue weighted by atomic mass is 16.4. The Bertz CT molecular complexity index is 1050. The molecule has 4 rings (SSSR count). The van der Waals surface area contributed by atoms with Crippen molar-refractivity contribution in [3.8, 4) is 0 Å². The zero-order valence-electron chi connectivity index (χ0n) is 14.0. The number of hydrogen-bond acceptors (Lipinski definition) is 4. The van der Waals surface area contributed by atoms with E-state index < -0.39 is 10.6 Å². The summed E-state index contributed by atoms with van der Waals surface area (Å²) in [6, 6.07) is 11.6. The lowest BCUT2D eigenvalue weighted by Gasteiger charge is -2.27. The average Bonchev–Trinajstić information content (AvgIpc) is 3.11. The fraction of sp³-hybridized carbons (Fsp3) is 0.100. The second kappa shape index (κ2) is 5.57. The highest BCUT2D eigenvalue weighted by Gasteiger charge is 2.46. The van der Waals surface area contributed by atoms with E-state index in [0.29, 0.717) is 16.7 Å². The summed E-state index contributed by atoms with van der Waals surface area (Å²) in [7, 11) is 0. The van der Waals surface area contributed by atoms with E-state index >= 15 is 0 Å². The molecule has 2 aromatic rings. The van der Waals surface area contributed by atoms with E-state index in [2.05, 4.69) is 4.99 Å². The fourth-order valence-corrected chi connectivity index (χ4v) is 3.55. The van der Waals surface area contributed by atoms with Crippen LogP contribution in [-0.4, -0.2) is 39.6 Å². The highest BCUT2D eigenvalue weighted by Crippen LogP contribution is 2.33. The first-order valence-electron chi connectivity index (χ1n) is 8.20. The Kier molecular flexibility index (Phi) is 3.45. The van der Waals surface area contributed by atoms with Crippen molar-refractivity contribution in [1.29, 1.82) is 0 Å². The van der Waals surface area contributed by atoms with Crippen molar-refractivity contribution in [2.24, 2.45) is 4.99 Å². The van der Waals surface area contributed by atoms with Crippen LogP contribution in [-0.2, 0) is 0 Å². The number of amidine groups is 1. The number of rotatable bonds is 2. The van der Waals surface area contributed by atoms with Crippen LogP contribution in [0.3, 0.4) is 0 Å². The summed E-state index contributed by atoms with van der Waals surface area (Å²) in [6.45, 7) is 1.96. The second-order valence-corrected chi connectivity index (χ2v) is 6.15. The molecule has 2 aromatic carbocycles. The first-order chi connectivity index (χ1) is 12.5. The van der Waals surface area contributed by atoms with E-state index in [4.69, 9.17) is 0 Å². The smallest absolute Gasteiger partial charge is 0.435 e. The Hall–Kier alpha value is -3.38. The van der Waals surface area contributed by atoms with Crippen molar-refractivity contribution in [2.75, 3.05) is 6.54 Å². The number of hydrogen-bond donors (Lipinski definition) is 1. The first kappa shape index (κ1) is 16.1. The van der Waals surface area contributed by atoms with Crippen molar-refractivity contribution >= 4 is 23.5 Å². The zero-order valence-corrected chi connectivity index (χ0v) is 14.0. The van der Waals surface area contributed by atoms with Gasteiger partial charge in [0.2, 0.25) is 0 Å². The Morgan fingerprint density at radius 3 is 2.23 bits per heavy atom. The standard InChI is InChI=1S/C20H14N2O4/c1-2-22(20(25)26)11-10-21-19(22)15-9-5-8-14-16(15)18(24)13-7-4-3-6-12(13)17(14)23/h3-11H,2H2,1H3/p+1. The molecule has 1 amide bonds. The minimum absolute atomic E-state index is 0.218. The normalized spacial score (nSPS) is 20.6. The fourth-order valence-electron chi connectivity index (χ4n) is 3.55. The Morgan fingerprint density at radius 1 is 0.962 bits per heavy atom. The molecule has 0 aromatic heterocycles. The maximum Gasteiger partial charge on any atom is 0.524 e. The minimum atomic E-state index is -1.09. The van der Waals surface area contributed by atoms with Crippen LogP contribution in [0.1, 0.15) is 44.3 Å². The molecule has 0 spiro atoms. The molecular formula is C20H15N2O4+. The molecular weight excluding hydrogens is 332 g/mol. The molecule has 0 radical (unpaired) electrons. The molecule has 0 fully saturated rings. The van der Waals surface area contributed by atoms with Gasteiger partial charge in [0.25, 0.3) is 5.84 Å². The molecule has 0 bridgehead atoms. The molecule has 0 saturated carbocycles. The summed E-state index contributed by atoms with van der Waals surface area (Å²) < 4.78 is -0.514. The van der Waals surface area contributed by atoms with Crippen LogP contribution in [0, 0.1) is 0 Å². The van der Waals surface area contributed by atoms with Gasteiger partial charge in [-0.1, -0.05) is 36.4 Å². The summed E-state index contributed by atoms with van der Waals surface area (Å²) >= 11 is 0. The predicted molar refractivity (Wildman–Crippen MR) is 94.3 cm³/mol. The molecule has 2 aliphatic rings. The number of aliphatic imine (C=N–C) groups is 1. The molecule has 1 N–H and O–H groups in total. The topological polar surface area (TPSA) is 83.8 Å². The number of ketones is 2. The molecule has 6 heteroatoms. The quantitative estimate of drug-likeness (QED) is 0.722. The second-order valence-electron chi connectivity index (χ2n) is 6.15. The van der Waals surface area contributed by atoms with E-state index in [0.717, 1.165) is 0 Å². The number of nitrogens with zero attached hydrogens (tertiary/aromatic N) is 2. The largest absolute Gasteiger partial charge is 0.524 e. The zero-order chi connectivity index (χ0) is 18.5. The Morgan fingerprint density at radius 2 is 1.58 bits per heavy atom. The highest BCUT2D eigenvalue weighted by molar-refractivity contribution is 6.31. The summed E-state index contributed by atoms with van der Waals surface area (Å²) in [5, 5.41) is 9.76. The van der Waals surface area contributed by atoms with Gasteiger partial charge in [-0.2, -0.15) is 9.79 Å². The maximum absolute atomic E-state index is 13.1. The van der Waals surface area contributed by atoms with Crippen molar-refractivity contribution in [2.45, 2.75) is 6.92 Å². The van der Waals surface area contributed by atoms with Gasteiger partial charge in [-0.05, 0) is 13.0 Å². The van der Waals surface area contributed by atoms with Crippen LogP contribution in [0.5, 0.6) is 0 Å². The van der Waals surface area contributed by atoms with Crippen molar-refractivity contribution in [3.63, 3.8) is 0 Å². The van der Waals surface area contributed by atoms with E-state index in [1.54, 1.807) is 49.4 Å². The lowest BCUT2D eigenvalue weighted by molar-refractivity contribution is -0.704. The lowest BCUT2D eigenvalue weighted by atomic mass is 9.81. The van der Waals surface area contributed by atoms with Gasteiger partial charge in [0, 0.05) is 22.3 Å². The van der Waals surface area contributed by atoms with Gasteiger partial charge in [0.05, 0.1) is 18.3 Å². The number of benzene rings is 2. The monoisotopic (exact) mass is 347 g/mol. The number of carbonyl (C=O) groups is 3. The predicted octanol–water partition coefficient (Wildman–Crippen LogP) is 3.21. The number of amides is 1. The van der Waals surface area contributed by atoms with Gasteiger partial charge in [-0.25, -0.2) is 0 Å². The van der Waals surface area contributed by atoms with E-state index in [1.165, 1.54) is 12.4 Å². The number of fused-ring (bicyclic) bond motifs is 2. The third-order valence-corrected chi connectivity index (χ3v) is 4.93. The molecule has 1 aliphatic carbocycles. The number of quaternary nitrogens is 1. The molecule has 1 heterocycles. The molecule has 1 atom stereocenters. The molecule has 0 saturated heterocycles. The van der Waals surface area contributed by atoms with Gasteiger partial charge in [-0.3, -0.25) is 9.59 Å². The van der Waals surface area contributed by atoms with Crippen LogP contribution >= 0.6 is 0 Å². The van der Waals surface area contributed by atoms with E-state index in [-0.39, 0.29) is 35.1 Å². The van der Waals surface area contributed by atoms with Crippen LogP contribution < -0.4 is 0 Å². The average molecular weight is 347 g/mol. The number of carbonyl (C=O) groups excluding carboxylic acids is 2. The van der Waals surface area contributed by atoms with Gasteiger partial charge in [0.15, 0.2) is 11.6 Å². The molecule has 26 heavy (non-hydrogen) atoms. The minimum Gasteiger partial charge on any atom is -0.435 e. The van der Waals surface area contributed by atoms with Crippen molar-refractivity contribution < 1.29 is 24.0 Å². The van der Waals surface area contributed by atoms with Crippen molar-refractivity contribution in [1.82, 2.24) is 0 Å². The van der Waals surface area contributed by atoms with E-state index in [9.17, 15) is 19.5 Å². The SMILES string of the molecule is CC[N+]1(C(=O)O)C=CN=C1c1cccc2c1C(=O)c1ccccc1C2=O. The molecule has 6 nitrogen and oxygen atoms in total. The third kappa shape index (κ3) is 1.96. The van der Waals surface area contributed by atoms with Gasteiger partial charge in [0.1, 0.15) is 6.20 Å². The van der Waals surface area contributed by atoms with Gasteiger partial charge in [-0.15, -0.1) is 4.48 Å². The maximum atomic E-state index is 13.1. The lowest BCUT2D eigenvalue weighted by Crippen LogP contribution is -2.51. The Balaban J connectivity index is 1.97. The third-order valence-electron chi connectivity index (χ3n) is 4.93. The first-order valence-corrected chi connectivity index (χ1v) is 8.20. The molecule has 1 unspecified atom stereocenters. The molecule has 128 valence electrons. The van der Waals surface area contributed by atoms with Crippen LogP contribution in [0.4, 0.5) is 4.79 Å². The Labute approximate surface area is 149 Å². The van der Waals surface area contributed by atoms with Crippen LogP contribution in [0.15, 0.2) is 59.9 Å². The van der Waals surface area contributed by atoms with Gasteiger partial charge >= 0.3 is 6.09 Å². The summed E-state index contributed by atoms with van der Waals surface area (Å²) in [5.74, 6) is -0.300. The number of carboxylic acid groups (broad SMARTS) is 1. The van der Waals surface area contributed by atoms with Crippen LogP contribution in [0.2, 0.25) is 0 Å². The van der Waals surface area contributed by atoms with Crippen molar-refractivity contribution in [3.05, 3.63) is 82.7 Å².